The van der Waals surface area contributed by atoms with Crippen molar-refractivity contribution in [2.45, 2.75) is 6.54 Å². The Labute approximate surface area is 119 Å². The van der Waals surface area contributed by atoms with Crippen LogP contribution in [0.25, 0.3) is 0 Å². The number of halogens is 2. The van der Waals surface area contributed by atoms with E-state index in [1.807, 2.05) is 24.3 Å². The van der Waals surface area contributed by atoms with Gasteiger partial charge in [-0.1, -0.05) is 12.1 Å². The predicted octanol–water partition coefficient (Wildman–Crippen LogP) is 3.79. The van der Waals surface area contributed by atoms with Crippen LogP contribution in [-0.4, -0.2) is 7.11 Å². The van der Waals surface area contributed by atoms with E-state index in [1.54, 1.807) is 13.2 Å². The fraction of sp³-hybridized carbons (Fsp3) is 0.143. The summed E-state index contributed by atoms with van der Waals surface area (Å²) in [6, 6.07) is 10.5. The predicted molar refractivity (Wildman–Crippen MR) is 78.8 cm³/mol. The number of nitrogens with two attached hydrogens (primary N) is 1. The van der Waals surface area contributed by atoms with E-state index in [1.165, 1.54) is 6.07 Å². The molecule has 100 valence electrons. The van der Waals surface area contributed by atoms with Crippen molar-refractivity contribution < 1.29 is 9.13 Å². The van der Waals surface area contributed by atoms with Crippen LogP contribution in [0.3, 0.4) is 0 Å². The Morgan fingerprint density at radius 2 is 1.95 bits per heavy atom. The normalized spacial score (nSPS) is 10.3. The van der Waals surface area contributed by atoms with E-state index in [0.29, 0.717) is 22.4 Å². The zero-order valence-corrected chi connectivity index (χ0v) is 12.0. The summed E-state index contributed by atoms with van der Waals surface area (Å²) in [4.78, 5) is 0. The molecule has 3 nitrogen and oxygen atoms in total. The van der Waals surface area contributed by atoms with Crippen molar-refractivity contribution in [1.29, 1.82) is 0 Å². The number of rotatable bonds is 4. The molecule has 0 fully saturated rings. The third-order valence-corrected chi connectivity index (χ3v) is 3.42. The highest BCUT2D eigenvalue weighted by atomic mass is 79.9. The zero-order chi connectivity index (χ0) is 13.8. The van der Waals surface area contributed by atoms with Gasteiger partial charge in [0.1, 0.15) is 11.6 Å². The van der Waals surface area contributed by atoms with Gasteiger partial charge >= 0.3 is 0 Å². The summed E-state index contributed by atoms with van der Waals surface area (Å²) in [6.07, 6.45) is 0. The molecule has 0 saturated carbocycles. The van der Waals surface area contributed by atoms with Gasteiger partial charge < -0.3 is 15.8 Å². The van der Waals surface area contributed by atoms with Crippen LogP contribution < -0.4 is 15.8 Å². The highest BCUT2D eigenvalue weighted by Crippen LogP contribution is 2.27. The Hall–Kier alpha value is -1.75. The van der Waals surface area contributed by atoms with Crippen LogP contribution in [0.4, 0.5) is 15.8 Å². The van der Waals surface area contributed by atoms with Crippen molar-refractivity contribution in [3.05, 3.63) is 52.3 Å². The zero-order valence-electron chi connectivity index (χ0n) is 10.4. The lowest BCUT2D eigenvalue weighted by molar-refractivity contribution is 0.414. The molecule has 19 heavy (non-hydrogen) atoms. The molecule has 0 saturated heterocycles. The first-order chi connectivity index (χ1) is 9.10. The monoisotopic (exact) mass is 324 g/mol. The SMILES string of the molecule is COc1ccc(CNc2cc(Br)c(N)cc2F)cc1. The van der Waals surface area contributed by atoms with Crippen LogP contribution >= 0.6 is 15.9 Å². The Bertz CT molecular complexity index is 572. The second-order valence-electron chi connectivity index (χ2n) is 4.06. The molecule has 5 heteroatoms. The number of methoxy groups -OCH3 is 1. The molecule has 0 aliphatic heterocycles. The number of nitrogen functional groups attached to an aromatic ring is 1. The summed E-state index contributed by atoms with van der Waals surface area (Å²) in [5, 5.41) is 3.03. The highest BCUT2D eigenvalue weighted by Gasteiger charge is 2.06. The molecule has 0 aromatic heterocycles. The molecule has 0 spiro atoms. The minimum Gasteiger partial charge on any atom is -0.497 e. The van der Waals surface area contributed by atoms with Crippen LogP contribution in [0.1, 0.15) is 5.56 Å². The molecule has 0 heterocycles. The van der Waals surface area contributed by atoms with Crippen LogP contribution in [0.5, 0.6) is 5.75 Å². The van der Waals surface area contributed by atoms with Gasteiger partial charge in [0.15, 0.2) is 0 Å². The lowest BCUT2D eigenvalue weighted by atomic mass is 10.2. The van der Waals surface area contributed by atoms with Gasteiger partial charge in [0.2, 0.25) is 0 Å². The Morgan fingerprint density at radius 3 is 2.58 bits per heavy atom. The Balaban J connectivity index is 2.07. The number of nitrogens with one attached hydrogen (secondary N) is 1. The largest absolute Gasteiger partial charge is 0.497 e. The van der Waals surface area contributed by atoms with Gasteiger partial charge in [0, 0.05) is 22.8 Å². The number of ether oxygens (including phenoxy) is 1. The Morgan fingerprint density at radius 1 is 1.26 bits per heavy atom. The molecule has 0 bridgehead atoms. The second kappa shape index (κ2) is 5.93. The van der Waals surface area contributed by atoms with Gasteiger partial charge in [-0.25, -0.2) is 4.39 Å². The maximum absolute atomic E-state index is 13.7. The van der Waals surface area contributed by atoms with E-state index >= 15 is 0 Å². The third-order valence-electron chi connectivity index (χ3n) is 2.73. The summed E-state index contributed by atoms with van der Waals surface area (Å²) in [7, 11) is 1.62. The van der Waals surface area contributed by atoms with E-state index in [4.69, 9.17) is 10.5 Å². The number of hydrogen-bond donors (Lipinski definition) is 2. The molecule has 3 N–H and O–H groups in total. The summed E-state index contributed by atoms with van der Waals surface area (Å²) in [5.74, 6) is 0.430. The molecule has 0 aliphatic rings. The smallest absolute Gasteiger partial charge is 0.148 e. The van der Waals surface area contributed by atoms with Crippen LogP contribution in [0, 0.1) is 5.82 Å². The molecule has 0 unspecified atom stereocenters. The van der Waals surface area contributed by atoms with Crippen LogP contribution in [0.2, 0.25) is 0 Å². The summed E-state index contributed by atoms with van der Waals surface area (Å²) in [6.45, 7) is 0.525. The van der Waals surface area contributed by atoms with Crippen molar-refractivity contribution >= 4 is 27.3 Å². The van der Waals surface area contributed by atoms with E-state index in [9.17, 15) is 4.39 Å². The molecule has 0 aliphatic carbocycles. The van der Waals surface area contributed by atoms with Crippen molar-refractivity contribution in [3.63, 3.8) is 0 Å². The first kappa shape index (κ1) is 13.7. The second-order valence-corrected chi connectivity index (χ2v) is 4.91. The van der Waals surface area contributed by atoms with Crippen molar-refractivity contribution in [2.75, 3.05) is 18.2 Å². The van der Waals surface area contributed by atoms with Gasteiger partial charge in [-0.3, -0.25) is 0 Å². The summed E-state index contributed by atoms with van der Waals surface area (Å²) < 4.78 is 19.4. The van der Waals surface area contributed by atoms with Crippen molar-refractivity contribution in [1.82, 2.24) is 0 Å². The van der Waals surface area contributed by atoms with E-state index in [0.717, 1.165) is 11.3 Å². The standard InChI is InChI=1S/C14H14BrFN2O/c1-19-10-4-2-9(3-5-10)8-18-14-6-11(15)13(17)7-12(14)16/h2-7,18H,8,17H2,1H3. The summed E-state index contributed by atoms with van der Waals surface area (Å²) in [5.41, 5.74) is 7.43. The summed E-state index contributed by atoms with van der Waals surface area (Å²) >= 11 is 3.28. The Kier molecular flexibility index (Phi) is 4.27. The molecule has 0 atom stereocenters. The van der Waals surface area contributed by atoms with E-state index in [2.05, 4.69) is 21.2 Å². The molecule has 0 radical (unpaired) electrons. The first-order valence-electron chi connectivity index (χ1n) is 5.71. The highest BCUT2D eigenvalue weighted by molar-refractivity contribution is 9.10. The van der Waals surface area contributed by atoms with E-state index in [-0.39, 0.29) is 5.82 Å². The molecule has 2 rings (SSSR count). The van der Waals surface area contributed by atoms with Crippen molar-refractivity contribution in [3.8, 4) is 5.75 Å². The van der Waals surface area contributed by atoms with Gasteiger partial charge in [-0.2, -0.15) is 0 Å². The minimum atomic E-state index is -0.366. The molecular formula is C14H14BrFN2O. The first-order valence-corrected chi connectivity index (χ1v) is 6.51. The average molecular weight is 325 g/mol. The fourth-order valence-corrected chi connectivity index (χ4v) is 1.98. The molecular weight excluding hydrogens is 311 g/mol. The lowest BCUT2D eigenvalue weighted by Crippen LogP contribution is -2.02. The quantitative estimate of drug-likeness (QED) is 0.841. The average Bonchev–Trinajstić information content (AvgIpc) is 2.42. The fourth-order valence-electron chi connectivity index (χ4n) is 1.64. The minimum absolute atomic E-state index is 0.366. The molecule has 2 aromatic rings. The number of anilines is 2. The van der Waals surface area contributed by atoms with Crippen LogP contribution in [-0.2, 0) is 6.54 Å². The maximum atomic E-state index is 13.7. The third kappa shape index (κ3) is 3.38. The van der Waals surface area contributed by atoms with Gasteiger partial charge in [0.25, 0.3) is 0 Å². The topological polar surface area (TPSA) is 47.3 Å². The number of benzene rings is 2. The van der Waals surface area contributed by atoms with Gasteiger partial charge in [-0.05, 0) is 39.7 Å². The molecule has 2 aromatic carbocycles. The maximum Gasteiger partial charge on any atom is 0.148 e. The van der Waals surface area contributed by atoms with Crippen LogP contribution in [0.15, 0.2) is 40.9 Å². The lowest BCUT2D eigenvalue weighted by Gasteiger charge is -2.10. The molecule has 0 amide bonds. The van der Waals surface area contributed by atoms with E-state index < -0.39 is 0 Å². The van der Waals surface area contributed by atoms with Gasteiger partial charge in [-0.15, -0.1) is 0 Å². The van der Waals surface area contributed by atoms with Crippen molar-refractivity contribution in [2.24, 2.45) is 0 Å². The number of hydrogen-bond acceptors (Lipinski definition) is 3. The van der Waals surface area contributed by atoms with Gasteiger partial charge in [0.05, 0.1) is 12.8 Å².